The lowest BCUT2D eigenvalue weighted by Gasteiger charge is -2.14. The van der Waals surface area contributed by atoms with Crippen molar-refractivity contribution < 1.29 is 4.79 Å². The minimum absolute atomic E-state index is 0.184. The molecule has 0 radical (unpaired) electrons. The van der Waals surface area contributed by atoms with Crippen molar-refractivity contribution in [1.82, 2.24) is 19.9 Å². The Balaban J connectivity index is 1.81. The minimum Gasteiger partial charge on any atom is -0.341 e. The lowest BCUT2D eigenvalue weighted by molar-refractivity contribution is 0.0933. The fourth-order valence-corrected chi connectivity index (χ4v) is 3.54. The molecule has 0 fully saturated rings. The third kappa shape index (κ3) is 3.18. The fraction of sp³-hybridized carbons (Fsp3) is 0.353. The summed E-state index contributed by atoms with van der Waals surface area (Å²) < 4.78 is 2.13. The van der Waals surface area contributed by atoms with Crippen LogP contribution in [0.5, 0.6) is 0 Å². The van der Waals surface area contributed by atoms with Crippen LogP contribution in [0.4, 0.5) is 0 Å². The maximum Gasteiger partial charge on any atom is 0.271 e. The molecule has 0 saturated carbocycles. The molecule has 1 aromatic carbocycles. The average molecular weight is 343 g/mol. The van der Waals surface area contributed by atoms with E-state index < -0.39 is 0 Å². The third-order valence-corrected chi connectivity index (χ3v) is 4.79. The molecule has 24 heavy (non-hydrogen) atoms. The summed E-state index contributed by atoms with van der Waals surface area (Å²) in [5.74, 6) is 0.668. The highest BCUT2D eigenvalue weighted by atomic mass is 32.1. The summed E-state index contributed by atoms with van der Waals surface area (Å²) in [7, 11) is 0. The van der Waals surface area contributed by atoms with Crippen molar-refractivity contribution in [1.29, 1.82) is 0 Å². The minimum atomic E-state index is -0.204. The molecule has 1 atom stereocenters. The number of carbonyl (C=O) groups excluding carboxylic acids is 1. The van der Waals surface area contributed by atoms with Gasteiger partial charge in [0, 0.05) is 18.3 Å². The maximum absolute atomic E-state index is 12.4. The number of benzene rings is 1. The third-order valence-electron chi connectivity index (χ3n) is 3.88. The molecule has 0 bridgehead atoms. The summed E-state index contributed by atoms with van der Waals surface area (Å²) in [6.07, 6.45) is 0.694. The van der Waals surface area contributed by atoms with Gasteiger partial charge < -0.3 is 15.6 Å². The summed E-state index contributed by atoms with van der Waals surface area (Å²) in [6, 6.07) is 7.79. The molecule has 0 aliphatic carbocycles. The van der Waals surface area contributed by atoms with Crippen LogP contribution in [0.1, 0.15) is 41.2 Å². The number of nitrogens with one attached hydrogen (secondary N) is 1. The molecule has 0 saturated heterocycles. The van der Waals surface area contributed by atoms with Crippen molar-refractivity contribution in [2.45, 2.75) is 32.9 Å². The predicted molar refractivity (Wildman–Crippen MR) is 96.2 cm³/mol. The van der Waals surface area contributed by atoms with Gasteiger partial charge in [0.1, 0.15) is 11.5 Å². The van der Waals surface area contributed by atoms with E-state index in [9.17, 15) is 4.79 Å². The number of nitrogens with zero attached hydrogens (tertiary/aromatic N) is 3. The summed E-state index contributed by atoms with van der Waals surface area (Å²) in [5, 5.41) is 5.65. The second-order valence-corrected chi connectivity index (χ2v) is 6.51. The molecule has 0 aliphatic heterocycles. The van der Waals surface area contributed by atoms with Gasteiger partial charge in [0.25, 0.3) is 5.91 Å². The summed E-state index contributed by atoms with van der Waals surface area (Å²) >= 11 is 1.46. The first kappa shape index (κ1) is 16.6. The Morgan fingerprint density at radius 1 is 1.38 bits per heavy atom. The number of hydrogen-bond acceptors (Lipinski definition) is 5. The van der Waals surface area contributed by atoms with Crippen LogP contribution in [0, 0.1) is 0 Å². The largest absolute Gasteiger partial charge is 0.341 e. The first-order valence-electron chi connectivity index (χ1n) is 8.04. The molecule has 3 N–H and O–H groups in total. The van der Waals surface area contributed by atoms with E-state index in [1.165, 1.54) is 11.3 Å². The monoisotopic (exact) mass is 343 g/mol. The number of aryl methyl sites for hydroxylation is 1. The molecule has 2 heterocycles. The number of nitrogens with two attached hydrogens (primary N) is 1. The number of fused-ring (bicyclic) bond motifs is 1. The first-order valence-corrected chi connectivity index (χ1v) is 8.92. The second kappa shape index (κ2) is 7.11. The topological polar surface area (TPSA) is 85.8 Å². The quantitative estimate of drug-likeness (QED) is 0.720. The van der Waals surface area contributed by atoms with Gasteiger partial charge in [0.05, 0.1) is 22.1 Å². The van der Waals surface area contributed by atoms with Gasteiger partial charge in [-0.2, -0.15) is 0 Å². The van der Waals surface area contributed by atoms with Crippen molar-refractivity contribution in [3.8, 4) is 0 Å². The number of para-hydroxylation sites is 2. The Morgan fingerprint density at radius 3 is 2.92 bits per heavy atom. The van der Waals surface area contributed by atoms with E-state index in [-0.39, 0.29) is 11.9 Å². The molecule has 7 heteroatoms. The Hall–Kier alpha value is -2.25. The van der Waals surface area contributed by atoms with Crippen LogP contribution in [-0.2, 0) is 13.0 Å². The molecule has 6 nitrogen and oxygen atoms in total. The van der Waals surface area contributed by atoms with Crippen LogP contribution in [0.15, 0.2) is 29.6 Å². The number of amides is 1. The number of rotatable bonds is 6. The van der Waals surface area contributed by atoms with Gasteiger partial charge in [0.15, 0.2) is 0 Å². The Bertz CT molecular complexity index is 854. The van der Waals surface area contributed by atoms with Gasteiger partial charge in [-0.15, -0.1) is 11.3 Å². The van der Waals surface area contributed by atoms with Crippen LogP contribution in [0.2, 0.25) is 0 Å². The molecule has 2 aromatic heterocycles. The van der Waals surface area contributed by atoms with Crippen molar-refractivity contribution in [3.05, 3.63) is 46.2 Å². The van der Waals surface area contributed by atoms with Crippen molar-refractivity contribution in [3.63, 3.8) is 0 Å². The van der Waals surface area contributed by atoms with Crippen LogP contribution >= 0.6 is 11.3 Å². The van der Waals surface area contributed by atoms with E-state index >= 15 is 0 Å². The highest BCUT2D eigenvalue weighted by Crippen LogP contribution is 2.21. The zero-order valence-electron chi connectivity index (χ0n) is 13.8. The van der Waals surface area contributed by atoms with Gasteiger partial charge in [-0.05, 0) is 32.5 Å². The van der Waals surface area contributed by atoms with E-state index in [4.69, 9.17) is 5.73 Å². The molecular weight excluding hydrogens is 322 g/mol. The number of imidazole rings is 1. The summed E-state index contributed by atoms with van der Waals surface area (Å²) in [6.45, 7) is 5.35. The van der Waals surface area contributed by atoms with Crippen LogP contribution in [0.3, 0.4) is 0 Å². The van der Waals surface area contributed by atoms with Crippen LogP contribution in [0.25, 0.3) is 11.0 Å². The fourth-order valence-electron chi connectivity index (χ4n) is 2.75. The van der Waals surface area contributed by atoms with E-state index in [0.717, 1.165) is 28.4 Å². The Kier molecular flexibility index (Phi) is 4.92. The summed E-state index contributed by atoms with van der Waals surface area (Å²) in [5.41, 5.74) is 7.98. The lowest BCUT2D eigenvalue weighted by Crippen LogP contribution is -2.29. The number of carbonyl (C=O) groups is 1. The van der Waals surface area contributed by atoms with E-state index in [1.807, 2.05) is 31.2 Å². The van der Waals surface area contributed by atoms with Gasteiger partial charge in [0.2, 0.25) is 0 Å². The smallest absolute Gasteiger partial charge is 0.271 e. The molecule has 3 aromatic rings. The number of aromatic nitrogens is 3. The highest BCUT2D eigenvalue weighted by molar-refractivity contribution is 7.09. The van der Waals surface area contributed by atoms with Crippen molar-refractivity contribution in [2.75, 3.05) is 6.54 Å². The average Bonchev–Trinajstić information content (AvgIpc) is 3.19. The molecule has 0 spiro atoms. The van der Waals surface area contributed by atoms with Gasteiger partial charge >= 0.3 is 0 Å². The normalized spacial score (nSPS) is 12.5. The maximum atomic E-state index is 12.4. The van der Waals surface area contributed by atoms with Gasteiger partial charge in [-0.1, -0.05) is 12.1 Å². The van der Waals surface area contributed by atoms with Crippen LogP contribution < -0.4 is 11.1 Å². The highest BCUT2D eigenvalue weighted by Gasteiger charge is 2.19. The SMILES string of the molecule is CCn1c(C(C)NC(=O)c2csc(CCN)n2)nc2ccccc21. The van der Waals surface area contributed by atoms with E-state index in [2.05, 4.69) is 26.8 Å². The zero-order valence-corrected chi connectivity index (χ0v) is 14.6. The molecular formula is C17H21N5OS. The predicted octanol–water partition coefficient (Wildman–Crippen LogP) is 2.50. The van der Waals surface area contributed by atoms with E-state index in [0.29, 0.717) is 18.7 Å². The van der Waals surface area contributed by atoms with Crippen molar-refractivity contribution in [2.24, 2.45) is 5.73 Å². The molecule has 1 unspecified atom stereocenters. The molecule has 1 amide bonds. The molecule has 3 rings (SSSR count). The number of thiazole rings is 1. The van der Waals surface area contributed by atoms with Crippen LogP contribution in [-0.4, -0.2) is 27.0 Å². The number of hydrogen-bond donors (Lipinski definition) is 2. The lowest BCUT2D eigenvalue weighted by atomic mass is 10.3. The molecule has 126 valence electrons. The standard InChI is InChI=1S/C17H21N5OS/c1-3-22-14-7-5-4-6-12(14)21-16(22)11(2)19-17(23)13-10-24-15(20-13)8-9-18/h4-7,10-11H,3,8-9,18H2,1-2H3,(H,19,23). The second-order valence-electron chi connectivity index (χ2n) is 5.56. The Labute approximate surface area is 144 Å². The van der Waals surface area contributed by atoms with Gasteiger partial charge in [-0.25, -0.2) is 9.97 Å². The Morgan fingerprint density at radius 2 is 2.17 bits per heavy atom. The van der Waals surface area contributed by atoms with E-state index in [1.54, 1.807) is 5.38 Å². The van der Waals surface area contributed by atoms with Crippen molar-refractivity contribution >= 4 is 28.3 Å². The first-order chi connectivity index (χ1) is 11.6. The molecule has 0 aliphatic rings. The zero-order chi connectivity index (χ0) is 17.1. The summed E-state index contributed by atoms with van der Waals surface area (Å²) in [4.78, 5) is 21.4. The van der Waals surface area contributed by atoms with Gasteiger partial charge in [-0.3, -0.25) is 4.79 Å².